The second kappa shape index (κ2) is 9.00. The molecule has 7 heteroatoms. The van der Waals surface area contributed by atoms with Crippen LogP contribution in [0.15, 0.2) is 48.5 Å². The number of nitrogens with one attached hydrogen (secondary N) is 1. The van der Waals surface area contributed by atoms with Gasteiger partial charge in [-0.3, -0.25) is 9.89 Å². The minimum absolute atomic E-state index is 0. The average Bonchev–Trinajstić information content (AvgIpc) is 3.20. The first-order chi connectivity index (χ1) is 14.3. The summed E-state index contributed by atoms with van der Waals surface area (Å²) in [6.45, 7) is 2.56. The molecule has 2 aliphatic rings. The van der Waals surface area contributed by atoms with E-state index in [1.165, 1.54) is 0 Å². The Morgan fingerprint density at radius 1 is 1.03 bits per heavy atom. The number of carbonyl (C=O) groups excluding carboxylic acids is 1. The van der Waals surface area contributed by atoms with Crippen LogP contribution < -0.4 is 0 Å². The summed E-state index contributed by atoms with van der Waals surface area (Å²) in [4.78, 5) is 14.7. The molecule has 0 bridgehead atoms. The number of amides is 1. The van der Waals surface area contributed by atoms with E-state index in [1.807, 2.05) is 65.6 Å². The molecule has 156 valence electrons. The van der Waals surface area contributed by atoms with Gasteiger partial charge < -0.3 is 14.4 Å². The van der Waals surface area contributed by atoms with Crippen LogP contribution in [0, 0.1) is 0 Å². The number of aromatic nitrogens is 2. The van der Waals surface area contributed by atoms with Crippen LogP contribution in [-0.2, 0) is 9.47 Å². The number of para-hydroxylation sites is 1. The number of carbonyl (C=O) groups is 1. The molecule has 2 aromatic carbocycles. The Labute approximate surface area is 181 Å². The van der Waals surface area contributed by atoms with E-state index in [2.05, 4.69) is 10.2 Å². The lowest BCUT2D eigenvalue weighted by atomic mass is 10.0. The third kappa shape index (κ3) is 4.12. The number of likely N-dealkylation sites (tertiary alicyclic amines) is 1. The molecule has 1 N–H and O–H groups in total. The van der Waals surface area contributed by atoms with Crippen molar-refractivity contribution in [3.63, 3.8) is 0 Å². The van der Waals surface area contributed by atoms with E-state index in [4.69, 9.17) is 9.47 Å². The summed E-state index contributed by atoms with van der Waals surface area (Å²) in [6, 6.07) is 15.7. The highest BCUT2D eigenvalue weighted by molar-refractivity contribution is 5.95. The van der Waals surface area contributed by atoms with Crippen molar-refractivity contribution in [3.05, 3.63) is 65.4 Å². The first kappa shape index (κ1) is 20.6. The number of rotatable bonds is 3. The van der Waals surface area contributed by atoms with E-state index in [0.717, 1.165) is 28.6 Å². The highest BCUT2D eigenvalue weighted by Gasteiger charge is 2.35. The topological polar surface area (TPSA) is 67.5 Å². The lowest BCUT2D eigenvalue weighted by molar-refractivity contribution is -0.160. The summed E-state index contributed by atoms with van der Waals surface area (Å²) in [5.41, 5.74) is 3.64. The molecule has 0 aliphatic carbocycles. The van der Waals surface area contributed by atoms with Crippen molar-refractivity contribution < 1.29 is 14.3 Å². The van der Waals surface area contributed by atoms with Gasteiger partial charge in [0, 0.05) is 24.0 Å². The van der Waals surface area contributed by atoms with Gasteiger partial charge in [0.25, 0.3) is 5.91 Å². The Morgan fingerprint density at radius 3 is 2.63 bits per heavy atom. The summed E-state index contributed by atoms with van der Waals surface area (Å²) in [5.74, 6) is 0.0476. The molecule has 1 aromatic heterocycles. The molecule has 3 heterocycles. The number of ether oxygens (including phenoxy) is 2. The van der Waals surface area contributed by atoms with Gasteiger partial charge in [0.05, 0.1) is 30.5 Å². The van der Waals surface area contributed by atoms with E-state index in [0.29, 0.717) is 31.9 Å². The Bertz CT molecular complexity index is 1050. The van der Waals surface area contributed by atoms with Gasteiger partial charge >= 0.3 is 0 Å². The summed E-state index contributed by atoms with van der Waals surface area (Å²) in [5, 5.41) is 8.48. The maximum atomic E-state index is 12.9. The molecule has 2 atom stereocenters. The number of piperidine rings is 1. The lowest BCUT2D eigenvalue weighted by Gasteiger charge is -2.40. The van der Waals surface area contributed by atoms with E-state index in [9.17, 15) is 4.79 Å². The number of halogens is 1. The van der Waals surface area contributed by atoms with Crippen molar-refractivity contribution in [1.29, 1.82) is 0 Å². The summed E-state index contributed by atoms with van der Waals surface area (Å²) in [7, 11) is 0. The van der Waals surface area contributed by atoms with Crippen molar-refractivity contribution >= 4 is 41.4 Å². The molecule has 0 radical (unpaired) electrons. The standard InChI is InChI=1S/C23H23N3O3.ClH/c27-23(26-12-11-21-22(15-26)29-14-13-28-21)17-8-5-16(6-9-17)7-10-20-18-3-1-2-4-19(18)24-25-20;/h1-10,21-22H,11-15H2,(H,24,25);1H. The van der Waals surface area contributed by atoms with Crippen LogP contribution in [0.25, 0.3) is 23.1 Å². The number of benzene rings is 2. The number of nitrogens with zero attached hydrogens (tertiary/aromatic N) is 2. The summed E-state index contributed by atoms with van der Waals surface area (Å²) >= 11 is 0. The Balaban J connectivity index is 0.00000218. The molecule has 5 rings (SSSR count). The van der Waals surface area contributed by atoms with Crippen molar-refractivity contribution in [2.24, 2.45) is 0 Å². The van der Waals surface area contributed by atoms with Gasteiger partial charge in [-0.1, -0.05) is 36.4 Å². The van der Waals surface area contributed by atoms with E-state index in [-0.39, 0.29) is 30.5 Å². The van der Waals surface area contributed by atoms with Crippen LogP contribution in [0.2, 0.25) is 0 Å². The van der Waals surface area contributed by atoms with Gasteiger partial charge in [0.2, 0.25) is 0 Å². The Kier molecular flexibility index (Phi) is 6.18. The number of fused-ring (bicyclic) bond motifs is 2. The molecule has 2 fully saturated rings. The first-order valence-corrected chi connectivity index (χ1v) is 10.0. The molecule has 2 aliphatic heterocycles. The molecule has 0 saturated carbocycles. The largest absolute Gasteiger partial charge is 0.373 e. The number of hydrogen-bond donors (Lipinski definition) is 1. The quantitative estimate of drug-likeness (QED) is 0.693. The zero-order valence-electron chi connectivity index (χ0n) is 16.5. The Morgan fingerprint density at radius 2 is 1.80 bits per heavy atom. The van der Waals surface area contributed by atoms with Gasteiger partial charge in [-0.15, -0.1) is 12.4 Å². The fraction of sp³-hybridized carbons (Fsp3) is 0.304. The van der Waals surface area contributed by atoms with Gasteiger partial charge in [-0.05, 0) is 36.3 Å². The molecule has 3 aromatic rings. The normalized spacial score (nSPS) is 21.4. The second-order valence-corrected chi connectivity index (χ2v) is 7.47. The van der Waals surface area contributed by atoms with Crippen LogP contribution in [0.5, 0.6) is 0 Å². The maximum absolute atomic E-state index is 12.9. The molecule has 30 heavy (non-hydrogen) atoms. The van der Waals surface area contributed by atoms with Gasteiger partial charge in [0.15, 0.2) is 0 Å². The highest BCUT2D eigenvalue weighted by Crippen LogP contribution is 2.22. The molecule has 1 amide bonds. The smallest absolute Gasteiger partial charge is 0.253 e. The minimum atomic E-state index is -0.00710. The lowest BCUT2D eigenvalue weighted by Crippen LogP contribution is -2.53. The zero-order chi connectivity index (χ0) is 19.6. The van der Waals surface area contributed by atoms with Crippen molar-refractivity contribution in [2.75, 3.05) is 26.3 Å². The number of hydrogen-bond acceptors (Lipinski definition) is 4. The molecule has 2 saturated heterocycles. The van der Waals surface area contributed by atoms with Crippen LogP contribution in [0.4, 0.5) is 0 Å². The molecule has 6 nitrogen and oxygen atoms in total. The van der Waals surface area contributed by atoms with Gasteiger partial charge in [-0.2, -0.15) is 5.10 Å². The molecular weight excluding hydrogens is 402 g/mol. The van der Waals surface area contributed by atoms with Gasteiger partial charge in [-0.25, -0.2) is 0 Å². The van der Waals surface area contributed by atoms with Crippen LogP contribution in [-0.4, -0.2) is 59.5 Å². The fourth-order valence-electron chi connectivity index (χ4n) is 4.04. The summed E-state index contributed by atoms with van der Waals surface area (Å²) < 4.78 is 11.5. The predicted octanol–water partition coefficient (Wildman–Crippen LogP) is 3.79. The van der Waals surface area contributed by atoms with E-state index in [1.54, 1.807) is 0 Å². The van der Waals surface area contributed by atoms with Crippen molar-refractivity contribution in [2.45, 2.75) is 18.6 Å². The summed E-state index contributed by atoms with van der Waals surface area (Å²) in [6.07, 6.45) is 4.94. The first-order valence-electron chi connectivity index (χ1n) is 10.0. The van der Waals surface area contributed by atoms with Crippen molar-refractivity contribution in [1.82, 2.24) is 15.1 Å². The highest BCUT2D eigenvalue weighted by atomic mass is 35.5. The molecule has 0 spiro atoms. The number of aromatic amines is 1. The predicted molar refractivity (Wildman–Crippen MR) is 119 cm³/mol. The second-order valence-electron chi connectivity index (χ2n) is 7.47. The SMILES string of the molecule is Cl.O=C(c1ccc(C=Cc2n[nH]c3ccccc23)cc1)N1CCC2OCCOC2C1. The molecule has 2 unspecified atom stereocenters. The average molecular weight is 426 g/mol. The van der Waals surface area contributed by atoms with E-state index >= 15 is 0 Å². The molecular formula is C23H24ClN3O3. The fourth-order valence-corrected chi connectivity index (χ4v) is 4.04. The minimum Gasteiger partial charge on any atom is -0.373 e. The van der Waals surface area contributed by atoms with Crippen molar-refractivity contribution in [3.8, 4) is 0 Å². The van der Waals surface area contributed by atoms with E-state index < -0.39 is 0 Å². The Hall–Kier alpha value is -2.67. The maximum Gasteiger partial charge on any atom is 0.253 e. The monoisotopic (exact) mass is 425 g/mol. The number of H-pyrrole nitrogens is 1. The third-order valence-corrected chi connectivity index (χ3v) is 5.62. The third-order valence-electron chi connectivity index (χ3n) is 5.62. The van der Waals surface area contributed by atoms with Crippen LogP contribution in [0.1, 0.15) is 28.0 Å². The van der Waals surface area contributed by atoms with Crippen LogP contribution in [0.3, 0.4) is 0 Å². The van der Waals surface area contributed by atoms with Crippen LogP contribution >= 0.6 is 12.4 Å². The van der Waals surface area contributed by atoms with Gasteiger partial charge in [0.1, 0.15) is 6.10 Å². The zero-order valence-corrected chi connectivity index (χ0v) is 17.3.